The number of hydroxylamine groups is 2. The fraction of sp³-hybridized carbons (Fsp3) is 0.636. The van der Waals surface area contributed by atoms with E-state index in [1.165, 1.54) is 0 Å². The number of hydrogen-bond donors (Lipinski definition) is 0. The van der Waals surface area contributed by atoms with Crippen molar-refractivity contribution in [2.75, 3.05) is 0 Å². The zero-order valence-corrected chi connectivity index (χ0v) is 11.2. The second-order valence-electron chi connectivity index (χ2n) is 5.28. The molecule has 0 N–H and O–H groups in total. The molecule has 2 aliphatic carbocycles. The van der Waals surface area contributed by atoms with E-state index in [0.717, 1.165) is 0 Å². The van der Waals surface area contributed by atoms with Crippen molar-refractivity contribution >= 4 is 21.9 Å². The SMILES string of the molecule is O=C1C2CCC3C=CC3C2C(=O)N1OS(=O)(=O)C(F)(F)F. The summed E-state index contributed by atoms with van der Waals surface area (Å²) in [4.78, 5) is 24.0. The summed E-state index contributed by atoms with van der Waals surface area (Å²) < 4.78 is 62.5. The number of amides is 2. The monoisotopic (exact) mass is 325 g/mol. The number of hydrogen-bond acceptors (Lipinski definition) is 5. The molecule has 3 rings (SSSR count). The van der Waals surface area contributed by atoms with Gasteiger partial charge >= 0.3 is 15.6 Å². The van der Waals surface area contributed by atoms with Crippen LogP contribution in [-0.2, 0) is 24.0 Å². The Balaban J connectivity index is 1.87. The molecule has 0 spiro atoms. The zero-order chi connectivity index (χ0) is 15.6. The molecule has 0 aromatic rings. The number of fused-ring (bicyclic) bond motifs is 3. The molecule has 0 aromatic carbocycles. The first-order valence-electron chi connectivity index (χ1n) is 6.20. The molecule has 4 atom stereocenters. The van der Waals surface area contributed by atoms with E-state index < -0.39 is 39.3 Å². The maximum absolute atomic E-state index is 12.3. The molecule has 2 amide bonds. The molecule has 1 heterocycles. The largest absolute Gasteiger partial charge is 0.525 e. The van der Waals surface area contributed by atoms with Gasteiger partial charge in [-0.2, -0.15) is 21.6 Å². The highest BCUT2D eigenvalue weighted by molar-refractivity contribution is 7.87. The van der Waals surface area contributed by atoms with Gasteiger partial charge in [-0.1, -0.05) is 12.2 Å². The summed E-state index contributed by atoms with van der Waals surface area (Å²) in [6, 6.07) is 0. The van der Waals surface area contributed by atoms with Gasteiger partial charge in [-0.25, -0.2) is 0 Å². The minimum atomic E-state index is -6.04. The first kappa shape index (κ1) is 14.5. The summed E-state index contributed by atoms with van der Waals surface area (Å²) in [6.07, 6.45) is 4.55. The molecule has 21 heavy (non-hydrogen) atoms. The van der Waals surface area contributed by atoms with Gasteiger partial charge in [0.1, 0.15) is 0 Å². The third kappa shape index (κ3) is 2.00. The summed E-state index contributed by atoms with van der Waals surface area (Å²) in [6.45, 7) is 0. The molecule has 1 aliphatic heterocycles. The molecule has 3 aliphatic rings. The Morgan fingerprint density at radius 1 is 1.14 bits per heavy atom. The van der Waals surface area contributed by atoms with Gasteiger partial charge in [0.25, 0.3) is 11.8 Å². The van der Waals surface area contributed by atoms with E-state index >= 15 is 0 Å². The second kappa shape index (κ2) is 4.29. The number of allylic oxidation sites excluding steroid dienone is 2. The Hall–Kier alpha value is -1.42. The lowest BCUT2D eigenvalue weighted by molar-refractivity contribution is -0.169. The number of halogens is 3. The van der Waals surface area contributed by atoms with Crippen LogP contribution in [0.25, 0.3) is 0 Å². The van der Waals surface area contributed by atoms with Crippen LogP contribution in [-0.4, -0.2) is 30.8 Å². The molecule has 10 heteroatoms. The van der Waals surface area contributed by atoms with Crippen molar-refractivity contribution in [1.29, 1.82) is 0 Å². The Morgan fingerprint density at radius 2 is 1.81 bits per heavy atom. The lowest BCUT2D eigenvalue weighted by Crippen LogP contribution is -2.40. The van der Waals surface area contributed by atoms with Gasteiger partial charge in [-0.15, -0.1) is 9.35 Å². The second-order valence-corrected chi connectivity index (χ2v) is 6.80. The minimum absolute atomic E-state index is 0.113. The molecule has 4 unspecified atom stereocenters. The van der Waals surface area contributed by atoms with E-state index in [9.17, 15) is 31.2 Å². The zero-order valence-electron chi connectivity index (χ0n) is 10.4. The number of imide groups is 1. The van der Waals surface area contributed by atoms with Crippen molar-refractivity contribution in [2.45, 2.75) is 18.3 Å². The van der Waals surface area contributed by atoms with Gasteiger partial charge in [0, 0.05) is 0 Å². The van der Waals surface area contributed by atoms with Crippen LogP contribution in [0.1, 0.15) is 12.8 Å². The van der Waals surface area contributed by atoms with Crippen LogP contribution in [0, 0.1) is 23.7 Å². The number of nitrogens with zero attached hydrogens (tertiary/aromatic N) is 1. The molecule has 1 saturated heterocycles. The minimum Gasteiger partial charge on any atom is -0.272 e. The summed E-state index contributed by atoms with van der Waals surface area (Å²) >= 11 is 0. The third-order valence-corrected chi connectivity index (χ3v) is 5.11. The Labute approximate surface area is 117 Å². The van der Waals surface area contributed by atoms with Crippen LogP contribution in [0.3, 0.4) is 0 Å². The summed E-state index contributed by atoms with van der Waals surface area (Å²) in [5.74, 6) is -3.80. The van der Waals surface area contributed by atoms with Crippen LogP contribution in [0.5, 0.6) is 0 Å². The normalized spacial score (nSPS) is 35.5. The van der Waals surface area contributed by atoms with Gasteiger partial charge in [0.2, 0.25) is 0 Å². The van der Waals surface area contributed by atoms with Crippen molar-refractivity contribution in [3.63, 3.8) is 0 Å². The molecule has 0 aromatic heterocycles. The van der Waals surface area contributed by atoms with Crippen molar-refractivity contribution in [1.82, 2.24) is 5.06 Å². The van der Waals surface area contributed by atoms with Crippen LogP contribution in [0.15, 0.2) is 12.2 Å². The average Bonchev–Trinajstić information content (AvgIpc) is 2.53. The van der Waals surface area contributed by atoms with Crippen LogP contribution in [0.4, 0.5) is 13.2 Å². The van der Waals surface area contributed by atoms with Crippen molar-refractivity contribution in [2.24, 2.45) is 23.7 Å². The van der Waals surface area contributed by atoms with Crippen LogP contribution < -0.4 is 0 Å². The van der Waals surface area contributed by atoms with E-state index in [4.69, 9.17) is 0 Å². The van der Waals surface area contributed by atoms with Crippen molar-refractivity contribution in [3.05, 3.63) is 12.2 Å². The Bertz CT molecular complexity index is 641. The standard InChI is InChI=1S/C11H10F3NO5S/c12-11(13,14)21(18,19)20-15-9(16)7-4-2-5-1-3-6(5)8(7)10(15)17/h1,3,5-8H,2,4H2. The van der Waals surface area contributed by atoms with E-state index in [2.05, 4.69) is 4.28 Å². The highest BCUT2D eigenvalue weighted by atomic mass is 32.2. The smallest absolute Gasteiger partial charge is 0.272 e. The first-order chi connectivity index (χ1) is 9.63. The summed E-state index contributed by atoms with van der Waals surface area (Å²) in [5, 5.41) is -0.229. The van der Waals surface area contributed by atoms with Gasteiger partial charge in [0.15, 0.2) is 0 Å². The average molecular weight is 325 g/mol. The number of rotatable bonds is 2. The highest BCUT2D eigenvalue weighted by Gasteiger charge is 2.59. The summed E-state index contributed by atoms with van der Waals surface area (Å²) in [7, 11) is -6.04. The predicted molar refractivity (Wildman–Crippen MR) is 60.2 cm³/mol. The van der Waals surface area contributed by atoms with Gasteiger partial charge in [0.05, 0.1) is 11.8 Å². The van der Waals surface area contributed by atoms with Crippen molar-refractivity contribution in [3.8, 4) is 0 Å². The predicted octanol–water partition coefficient (Wildman–Crippen LogP) is 0.965. The van der Waals surface area contributed by atoms with E-state index in [0.29, 0.717) is 12.8 Å². The van der Waals surface area contributed by atoms with E-state index in [1.807, 2.05) is 6.08 Å². The van der Waals surface area contributed by atoms with Crippen molar-refractivity contribution < 1.29 is 35.5 Å². The number of alkyl halides is 3. The third-order valence-electron chi connectivity index (χ3n) is 4.19. The fourth-order valence-electron chi connectivity index (χ4n) is 3.11. The van der Waals surface area contributed by atoms with E-state index in [-0.39, 0.29) is 16.9 Å². The van der Waals surface area contributed by atoms with Gasteiger partial charge in [-0.3, -0.25) is 9.59 Å². The molecule has 6 nitrogen and oxygen atoms in total. The topological polar surface area (TPSA) is 80.8 Å². The maximum atomic E-state index is 12.3. The number of carbonyl (C=O) groups is 2. The first-order valence-corrected chi connectivity index (χ1v) is 7.61. The van der Waals surface area contributed by atoms with Gasteiger partial charge in [-0.05, 0) is 24.7 Å². The molecular formula is C11H10F3NO5S. The number of carbonyl (C=O) groups excluding carboxylic acids is 2. The Kier molecular flexibility index (Phi) is 2.97. The lowest BCUT2D eigenvalue weighted by Gasteiger charge is -2.39. The summed E-state index contributed by atoms with van der Waals surface area (Å²) in [5.41, 5.74) is -5.69. The Morgan fingerprint density at radius 3 is 2.33 bits per heavy atom. The highest BCUT2D eigenvalue weighted by Crippen LogP contribution is 2.50. The molecule has 1 saturated carbocycles. The van der Waals surface area contributed by atoms with Crippen LogP contribution >= 0.6 is 0 Å². The molecule has 0 radical (unpaired) electrons. The van der Waals surface area contributed by atoms with Crippen LogP contribution in [0.2, 0.25) is 0 Å². The lowest BCUT2D eigenvalue weighted by atomic mass is 9.62. The fourth-order valence-corrected chi connectivity index (χ4v) is 3.54. The molecule has 2 fully saturated rings. The quantitative estimate of drug-likeness (QED) is 0.429. The molecule has 116 valence electrons. The van der Waals surface area contributed by atoms with E-state index in [1.54, 1.807) is 6.08 Å². The van der Waals surface area contributed by atoms with Gasteiger partial charge < -0.3 is 0 Å². The molecular weight excluding hydrogens is 315 g/mol. The maximum Gasteiger partial charge on any atom is 0.525 e. The molecule has 0 bridgehead atoms.